The summed E-state index contributed by atoms with van der Waals surface area (Å²) >= 11 is 0. The molecule has 0 amide bonds. The summed E-state index contributed by atoms with van der Waals surface area (Å²) in [6.07, 6.45) is 18.5. The number of carbonyl (C=O) groups excluding carboxylic acids is 1. The number of hydrogen-bond acceptors (Lipinski definition) is 4. The molecule has 2 fully saturated rings. The number of cyclic esters (lactones) is 1. The fourth-order valence-electron chi connectivity index (χ4n) is 5.02. The Kier molecular flexibility index (Phi) is 8.76. The maximum Gasteiger partial charge on any atom is 0.309 e. The third-order valence-corrected chi connectivity index (χ3v) is 6.68. The van der Waals surface area contributed by atoms with Crippen molar-refractivity contribution < 1.29 is 19.0 Å². The van der Waals surface area contributed by atoms with E-state index in [0.29, 0.717) is 18.4 Å². The summed E-state index contributed by atoms with van der Waals surface area (Å²) in [6, 6.07) is 0. The van der Waals surface area contributed by atoms with Crippen molar-refractivity contribution in [2.24, 2.45) is 11.8 Å². The smallest absolute Gasteiger partial charge is 0.309 e. The third-order valence-electron chi connectivity index (χ3n) is 6.68. The molecule has 3 unspecified atom stereocenters. The molecule has 0 aromatic carbocycles. The summed E-state index contributed by atoms with van der Waals surface area (Å²) in [5.41, 5.74) is 1.38. The van der Waals surface area contributed by atoms with Crippen LogP contribution < -0.4 is 0 Å². The Labute approximate surface area is 182 Å². The predicted octanol–water partition coefficient (Wildman–Crippen LogP) is 5.92. The fraction of sp³-hybridized carbons (Fsp3) is 0.731. The normalized spacial score (nSPS) is 41.5. The Morgan fingerprint density at radius 2 is 1.60 bits per heavy atom. The molecule has 0 spiro atoms. The van der Waals surface area contributed by atoms with Gasteiger partial charge in [-0.1, -0.05) is 43.7 Å². The molecule has 0 aromatic rings. The SMILES string of the molecule is C/C=C1\CC2CC(=O)OC(/C=C/C)[C@@H](C)/C=C/[C@H](C)C[C@H]3CCCC(C[C@@H](C1)O2)O3. The van der Waals surface area contributed by atoms with Gasteiger partial charge >= 0.3 is 5.97 Å². The van der Waals surface area contributed by atoms with E-state index in [4.69, 9.17) is 14.2 Å². The Morgan fingerprint density at radius 3 is 2.33 bits per heavy atom. The molecule has 4 bridgehead atoms. The van der Waals surface area contributed by atoms with Crippen LogP contribution in [0.25, 0.3) is 0 Å². The van der Waals surface area contributed by atoms with Gasteiger partial charge in [0.2, 0.25) is 0 Å². The molecule has 0 N–H and O–H groups in total. The summed E-state index contributed by atoms with van der Waals surface area (Å²) in [4.78, 5) is 12.7. The summed E-state index contributed by atoms with van der Waals surface area (Å²) < 4.78 is 18.7. The fourth-order valence-corrected chi connectivity index (χ4v) is 5.02. The number of fused-ring (bicyclic) bond motifs is 4. The molecule has 0 aromatic heterocycles. The molecule has 3 aliphatic rings. The number of esters is 1. The number of ether oxygens (including phenoxy) is 3. The first-order chi connectivity index (χ1) is 14.5. The first-order valence-electron chi connectivity index (χ1n) is 11.9. The minimum absolute atomic E-state index is 0.105. The maximum absolute atomic E-state index is 12.7. The van der Waals surface area contributed by atoms with E-state index in [0.717, 1.165) is 38.5 Å². The highest BCUT2D eigenvalue weighted by atomic mass is 16.5. The molecule has 7 atom stereocenters. The van der Waals surface area contributed by atoms with E-state index in [1.807, 2.05) is 19.1 Å². The van der Waals surface area contributed by atoms with Crippen LogP contribution in [0.1, 0.15) is 79.1 Å². The molecule has 2 saturated heterocycles. The molecule has 3 heterocycles. The Bertz CT molecular complexity index is 649. The van der Waals surface area contributed by atoms with Crippen LogP contribution in [0.4, 0.5) is 0 Å². The second kappa shape index (κ2) is 11.3. The highest BCUT2D eigenvalue weighted by molar-refractivity contribution is 5.70. The van der Waals surface area contributed by atoms with Gasteiger partial charge in [-0.25, -0.2) is 0 Å². The lowest BCUT2D eigenvalue weighted by atomic mass is 9.90. The number of rotatable bonds is 1. The maximum atomic E-state index is 12.7. The summed E-state index contributed by atoms with van der Waals surface area (Å²) in [5, 5.41) is 0. The molecular weight excluding hydrogens is 376 g/mol. The van der Waals surface area contributed by atoms with Crippen molar-refractivity contribution in [3.8, 4) is 0 Å². The Morgan fingerprint density at radius 1 is 0.900 bits per heavy atom. The Hall–Kier alpha value is -1.39. The van der Waals surface area contributed by atoms with Crippen LogP contribution in [0.3, 0.4) is 0 Å². The molecule has 3 aliphatic heterocycles. The van der Waals surface area contributed by atoms with Crippen LogP contribution in [0, 0.1) is 11.8 Å². The molecule has 0 saturated carbocycles. The Balaban J connectivity index is 1.80. The van der Waals surface area contributed by atoms with Gasteiger partial charge in [-0.15, -0.1) is 0 Å². The number of allylic oxidation sites excluding steroid dienone is 3. The van der Waals surface area contributed by atoms with E-state index < -0.39 is 0 Å². The van der Waals surface area contributed by atoms with Crippen molar-refractivity contribution in [2.45, 2.75) is 110 Å². The second-order valence-corrected chi connectivity index (χ2v) is 9.42. The molecule has 0 aliphatic carbocycles. The zero-order valence-corrected chi connectivity index (χ0v) is 19.2. The van der Waals surface area contributed by atoms with Crippen molar-refractivity contribution in [1.29, 1.82) is 0 Å². The van der Waals surface area contributed by atoms with Gasteiger partial charge in [0.1, 0.15) is 6.10 Å². The first-order valence-corrected chi connectivity index (χ1v) is 11.9. The standard InChI is InChI=1S/C26H40O4/c1-5-8-25-19(4)12-11-18(3)13-21-9-7-10-22(28-21)16-23-14-20(6-2)15-24(29-23)17-26(27)30-25/h5-6,8,11-12,18-19,21-25H,7,9-10,13-17H2,1-4H3/b8-5+,12-11+,20-6-/t18-,19-,21+,22?,23+,24?,25?/m0/s1. The summed E-state index contributed by atoms with van der Waals surface area (Å²) in [7, 11) is 0. The third kappa shape index (κ3) is 6.81. The van der Waals surface area contributed by atoms with E-state index >= 15 is 0 Å². The minimum Gasteiger partial charge on any atom is -0.457 e. The number of hydrogen-bond donors (Lipinski definition) is 0. The summed E-state index contributed by atoms with van der Waals surface area (Å²) in [6.45, 7) is 8.42. The van der Waals surface area contributed by atoms with Crippen LogP contribution in [0.5, 0.6) is 0 Å². The lowest BCUT2D eigenvalue weighted by molar-refractivity contribution is -0.154. The average molecular weight is 417 g/mol. The van der Waals surface area contributed by atoms with E-state index in [9.17, 15) is 4.79 Å². The van der Waals surface area contributed by atoms with E-state index in [1.165, 1.54) is 12.0 Å². The van der Waals surface area contributed by atoms with Gasteiger partial charge in [0, 0.05) is 12.3 Å². The van der Waals surface area contributed by atoms with Crippen LogP contribution >= 0.6 is 0 Å². The zero-order chi connectivity index (χ0) is 21.5. The lowest BCUT2D eigenvalue weighted by Gasteiger charge is -2.37. The van der Waals surface area contributed by atoms with Crippen molar-refractivity contribution in [3.05, 3.63) is 36.0 Å². The molecular formula is C26H40O4. The van der Waals surface area contributed by atoms with Crippen molar-refractivity contribution in [1.82, 2.24) is 0 Å². The quantitative estimate of drug-likeness (QED) is 0.393. The molecule has 4 nitrogen and oxygen atoms in total. The van der Waals surface area contributed by atoms with Crippen molar-refractivity contribution in [3.63, 3.8) is 0 Å². The van der Waals surface area contributed by atoms with E-state index in [-0.39, 0.29) is 36.3 Å². The minimum atomic E-state index is -0.241. The van der Waals surface area contributed by atoms with Crippen LogP contribution in [0.2, 0.25) is 0 Å². The van der Waals surface area contributed by atoms with Gasteiger partial charge in [0.05, 0.1) is 30.8 Å². The zero-order valence-electron chi connectivity index (χ0n) is 19.2. The van der Waals surface area contributed by atoms with Crippen LogP contribution in [-0.4, -0.2) is 36.5 Å². The van der Waals surface area contributed by atoms with Crippen LogP contribution in [0.15, 0.2) is 36.0 Å². The highest BCUT2D eigenvalue weighted by Crippen LogP contribution is 2.33. The van der Waals surface area contributed by atoms with Gasteiger partial charge in [-0.05, 0) is 64.4 Å². The largest absolute Gasteiger partial charge is 0.457 e. The van der Waals surface area contributed by atoms with Crippen molar-refractivity contribution in [2.75, 3.05) is 0 Å². The molecule has 4 heteroatoms. The lowest BCUT2D eigenvalue weighted by Crippen LogP contribution is -2.37. The predicted molar refractivity (Wildman–Crippen MR) is 120 cm³/mol. The van der Waals surface area contributed by atoms with E-state index in [1.54, 1.807) is 0 Å². The number of carbonyl (C=O) groups is 1. The van der Waals surface area contributed by atoms with Crippen molar-refractivity contribution >= 4 is 5.97 Å². The van der Waals surface area contributed by atoms with Gasteiger partial charge in [0.15, 0.2) is 0 Å². The topological polar surface area (TPSA) is 44.8 Å². The first kappa shape index (κ1) is 23.3. The van der Waals surface area contributed by atoms with Gasteiger partial charge in [0.25, 0.3) is 0 Å². The molecule has 168 valence electrons. The van der Waals surface area contributed by atoms with Gasteiger partial charge in [-0.3, -0.25) is 4.79 Å². The van der Waals surface area contributed by atoms with E-state index in [2.05, 4.69) is 39.0 Å². The van der Waals surface area contributed by atoms with Gasteiger partial charge < -0.3 is 14.2 Å². The monoisotopic (exact) mass is 416 g/mol. The molecule has 0 radical (unpaired) electrons. The van der Waals surface area contributed by atoms with Gasteiger partial charge in [-0.2, -0.15) is 0 Å². The molecule has 3 rings (SSSR count). The van der Waals surface area contributed by atoms with Crippen LogP contribution in [-0.2, 0) is 19.0 Å². The average Bonchev–Trinajstić information content (AvgIpc) is 2.71. The highest BCUT2D eigenvalue weighted by Gasteiger charge is 2.32. The molecule has 30 heavy (non-hydrogen) atoms. The second-order valence-electron chi connectivity index (χ2n) is 9.42. The summed E-state index contributed by atoms with van der Waals surface area (Å²) in [5.74, 6) is 0.399.